The van der Waals surface area contributed by atoms with Gasteiger partial charge in [0.2, 0.25) is 0 Å². The van der Waals surface area contributed by atoms with Crippen LogP contribution in [0.4, 0.5) is 17.1 Å². The molecule has 1 heteroatoms. The molecule has 0 saturated heterocycles. The molecule has 0 aromatic heterocycles. The maximum absolute atomic E-state index is 2.56. The molecule has 0 aliphatic heterocycles. The van der Waals surface area contributed by atoms with Crippen LogP contribution in [0, 0.1) is 13.8 Å². The standard InChI is InChI=1S/C76H69N/c1-48-41-49(2)43-51(42-48)50-19-18-20-57(44-50)77(59-37-40-65-62-23-14-17-26-68(62)76(71(65)47-59)67-25-16-13-22-61(67)63-38-35-56(45-69(63)76)74(9,10)11)58-36-39-64-60-21-12-15-24-66(60)75(70(64)46-58,54-31-27-52(28-32-54)72(3,4)5)55-33-29-53(30-34-55)73(6,7)8/h12-47H,1-11H3. The SMILES string of the molecule is Cc1cc(C)cc(-c2cccc(N(c3ccc4c(c3)C(c3ccc(C(C)(C)C)cc3)(c3ccc(C(C)(C)C)cc3)c3ccccc3-4)c3ccc4c(c3)C3(c5ccccc5-4)c4ccccc4-c4ccc(C(C)(C)C)cc43)c2)c1. The molecular weight excluding hydrogens is 927 g/mol. The van der Waals surface area contributed by atoms with E-state index in [1.54, 1.807) is 0 Å². The van der Waals surface area contributed by atoms with Crippen molar-refractivity contribution in [3.8, 4) is 44.5 Å². The molecule has 1 atom stereocenters. The fourth-order valence-corrected chi connectivity index (χ4v) is 13.8. The van der Waals surface area contributed by atoms with Crippen molar-refractivity contribution < 1.29 is 0 Å². The molecule has 13 rings (SSSR count). The van der Waals surface area contributed by atoms with Gasteiger partial charge >= 0.3 is 0 Å². The van der Waals surface area contributed by atoms with Gasteiger partial charge in [0.1, 0.15) is 0 Å². The molecule has 0 bridgehead atoms. The predicted molar refractivity (Wildman–Crippen MR) is 326 cm³/mol. The van der Waals surface area contributed by atoms with E-state index < -0.39 is 10.8 Å². The second-order valence-electron chi connectivity index (χ2n) is 25.5. The van der Waals surface area contributed by atoms with Crippen LogP contribution in [0.2, 0.25) is 0 Å². The van der Waals surface area contributed by atoms with Crippen LogP contribution in [-0.2, 0) is 27.1 Å². The number of rotatable bonds is 6. The Morgan fingerprint density at radius 3 is 1.12 bits per heavy atom. The lowest BCUT2D eigenvalue weighted by atomic mass is 9.67. The Hall–Kier alpha value is -8.00. The Labute approximate surface area is 458 Å². The van der Waals surface area contributed by atoms with Crippen molar-refractivity contribution in [2.24, 2.45) is 0 Å². The van der Waals surface area contributed by atoms with Gasteiger partial charge < -0.3 is 4.90 Å². The average molecular weight is 996 g/mol. The molecule has 1 nitrogen and oxygen atoms in total. The maximum atomic E-state index is 2.56. The number of hydrogen-bond acceptors (Lipinski definition) is 1. The minimum Gasteiger partial charge on any atom is -0.310 e. The molecule has 3 aliphatic rings. The number of aryl methyl sites for hydroxylation is 2. The van der Waals surface area contributed by atoms with Gasteiger partial charge in [0, 0.05) is 17.1 Å². The zero-order valence-corrected chi connectivity index (χ0v) is 46.7. The summed E-state index contributed by atoms with van der Waals surface area (Å²) in [4.78, 5) is 2.55. The molecule has 0 saturated carbocycles. The highest BCUT2D eigenvalue weighted by Crippen LogP contribution is 2.64. The molecule has 10 aromatic carbocycles. The van der Waals surface area contributed by atoms with Gasteiger partial charge in [-0.1, -0.05) is 255 Å². The van der Waals surface area contributed by atoms with Gasteiger partial charge in [0.05, 0.1) is 10.8 Å². The van der Waals surface area contributed by atoms with E-state index >= 15 is 0 Å². The third-order valence-corrected chi connectivity index (χ3v) is 17.5. The van der Waals surface area contributed by atoms with Gasteiger partial charge in [-0.25, -0.2) is 0 Å². The van der Waals surface area contributed by atoms with Crippen LogP contribution in [0.3, 0.4) is 0 Å². The van der Waals surface area contributed by atoms with E-state index in [1.165, 1.54) is 117 Å². The number of anilines is 3. The number of fused-ring (bicyclic) bond motifs is 13. The molecule has 1 spiro atoms. The molecular formula is C76H69N. The first-order chi connectivity index (χ1) is 36.9. The normalized spacial score (nSPS) is 15.6. The van der Waals surface area contributed by atoms with Crippen LogP contribution < -0.4 is 4.90 Å². The van der Waals surface area contributed by atoms with E-state index in [9.17, 15) is 0 Å². The topological polar surface area (TPSA) is 3.24 Å². The lowest BCUT2D eigenvalue weighted by Crippen LogP contribution is -2.29. The summed E-state index contributed by atoms with van der Waals surface area (Å²) < 4.78 is 0. The molecule has 1 unspecified atom stereocenters. The van der Waals surface area contributed by atoms with Crippen molar-refractivity contribution in [1.82, 2.24) is 0 Å². The molecule has 0 heterocycles. The predicted octanol–water partition coefficient (Wildman–Crippen LogP) is 20.0. The smallest absolute Gasteiger partial charge is 0.0726 e. The van der Waals surface area contributed by atoms with Crippen LogP contribution in [0.15, 0.2) is 218 Å². The fraction of sp³-hybridized carbons (Fsp3) is 0.211. The zero-order chi connectivity index (χ0) is 53.4. The van der Waals surface area contributed by atoms with Crippen molar-refractivity contribution in [2.75, 3.05) is 4.90 Å². The second-order valence-corrected chi connectivity index (χ2v) is 25.5. The third-order valence-electron chi connectivity index (χ3n) is 17.5. The fourth-order valence-electron chi connectivity index (χ4n) is 13.8. The molecule has 0 N–H and O–H groups in total. The Balaban J connectivity index is 1.10. The van der Waals surface area contributed by atoms with Crippen molar-refractivity contribution in [3.63, 3.8) is 0 Å². The Kier molecular flexibility index (Phi) is 10.9. The van der Waals surface area contributed by atoms with Gasteiger partial charge in [0.25, 0.3) is 0 Å². The van der Waals surface area contributed by atoms with Crippen molar-refractivity contribution >= 4 is 17.1 Å². The van der Waals surface area contributed by atoms with E-state index in [4.69, 9.17) is 0 Å². The second kappa shape index (κ2) is 17.3. The minimum atomic E-state index is -0.604. The summed E-state index contributed by atoms with van der Waals surface area (Å²) in [6.45, 7) is 25.3. The number of hydrogen-bond donors (Lipinski definition) is 0. The summed E-state index contributed by atoms with van der Waals surface area (Å²) in [5, 5.41) is 0. The van der Waals surface area contributed by atoms with E-state index in [0.29, 0.717) is 0 Å². The summed E-state index contributed by atoms with van der Waals surface area (Å²) in [6.07, 6.45) is 0. The molecule has 3 aliphatic carbocycles. The maximum Gasteiger partial charge on any atom is 0.0726 e. The van der Waals surface area contributed by atoms with E-state index in [1.807, 2.05) is 0 Å². The Morgan fingerprint density at radius 2 is 0.649 bits per heavy atom. The Morgan fingerprint density at radius 1 is 0.273 bits per heavy atom. The first-order valence-electron chi connectivity index (χ1n) is 27.8. The number of nitrogens with zero attached hydrogens (tertiary/aromatic N) is 1. The average Bonchev–Trinajstić information content (AvgIpc) is 3.59. The molecule has 0 amide bonds. The lowest BCUT2D eigenvalue weighted by molar-refractivity contribution is 0.588. The van der Waals surface area contributed by atoms with Crippen LogP contribution in [0.1, 0.15) is 135 Å². The summed E-state index contributed by atoms with van der Waals surface area (Å²) >= 11 is 0. The molecule has 77 heavy (non-hydrogen) atoms. The highest BCUT2D eigenvalue weighted by atomic mass is 15.1. The van der Waals surface area contributed by atoms with Gasteiger partial charge in [0.15, 0.2) is 0 Å². The third kappa shape index (κ3) is 7.41. The summed E-state index contributed by atoms with van der Waals surface area (Å²) in [5.74, 6) is 0. The van der Waals surface area contributed by atoms with E-state index in [-0.39, 0.29) is 16.2 Å². The molecule has 10 aromatic rings. The van der Waals surface area contributed by atoms with Crippen molar-refractivity contribution in [3.05, 3.63) is 291 Å². The lowest BCUT2D eigenvalue weighted by Gasteiger charge is -2.36. The van der Waals surface area contributed by atoms with Crippen LogP contribution >= 0.6 is 0 Å². The first kappa shape index (κ1) is 48.6. The van der Waals surface area contributed by atoms with Crippen molar-refractivity contribution in [2.45, 2.75) is 103 Å². The first-order valence-corrected chi connectivity index (χ1v) is 27.8. The molecule has 0 fully saturated rings. The van der Waals surface area contributed by atoms with E-state index in [2.05, 4.69) is 299 Å². The summed E-state index contributed by atoms with van der Waals surface area (Å²) in [6, 6.07) is 84.9. The molecule has 0 radical (unpaired) electrons. The highest BCUT2D eigenvalue weighted by Gasteiger charge is 2.52. The Bertz CT molecular complexity index is 3900. The largest absolute Gasteiger partial charge is 0.310 e. The van der Waals surface area contributed by atoms with Gasteiger partial charge in [-0.15, -0.1) is 0 Å². The number of benzene rings is 10. The molecule has 378 valence electrons. The van der Waals surface area contributed by atoms with Gasteiger partial charge in [-0.2, -0.15) is 0 Å². The van der Waals surface area contributed by atoms with E-state index in [0.717, 1.165) is 17.1 Å². The van der Waals surface area contributed by atoms with Gasteiger partial charge in [-0.05, 0) is 172 Å². The van der Waals surface area contributed by atoms with Gasteiger partial charge in [-0.3, -0.25) is 0 Å². The van der Waals surface area contributed by atoms with Crippen LogP contribution in [0.5, 0.6) is 0 Å². The van der Waals surface area contributed by atoms with Crippen LogP contribution in [0.25, 0.3) is 44.5 Å². The minimum absolute atomic E-state index is 0.0121. The van der Waals surface area contributed by atoms with Crippen molar-refractivity contribution in [1.29, 1.82) is 0 Å². The van der Waals surface area contributed by atoms with Crippen LogP contribution in [-0.4, -0.2) is 0 Å². The zero-order valence-electron chi connectivity index (χ0n) is 46.7. The monoisotopic (exact) mass is 996 g/mol. The quantitative estimate of drug-likeness (QED) is 0.160. The summed E-state index contributed by atoms with van der Waals surface area (Å²) in [5.41, 5.74) is 29.5. The highest BCUT2D eigenvalue weighted by molar-refractivity contribution is 5.97. The summed E-state index contributed by atoms with van der Waals surface area (Å²) in [7, 11) is 0.